The lowest BCUT2D eigenvalue weighted by Crippen LogP contribution is -2.45. The molecule has 1 aromatic heterocycles. The molecule has 3 heterocycles. The van der Waals surface area contributed by atoms with Gasteiger partial charge in [0.1, 0.15) is 5.82 Å². The van der Waals surface area contributed by atoms with E-state index in [1.165, 1.54) is 12.8 Å². The number of carbonyl (C=O) groups is 1. The highest BCUT2D eigenvalue weighted by atomic mass is 16.1. The standard InChI is InChI=1S/C20H33N5O/c1-16(17-5-3-7-21-14-17)13-19(26)23-15-18-6-4-8-22-20(18)25-11-9-24(2)10-12-25/h4,6,8,16-17,21H,3,5,7,9-15H2,1-2H3,(H,23,26). The molecule has 0 aliphatic carbocycles. The Morgan fingerprint density at radius 2 is 2.19 bits per heavy atom. The van der Waals surface area contributed by atoms with E-state index in [0.29, 0.717) is 24.8 Å². The van der Waals surface area contributed by atoms with Gasteiger partial charge in [0.05, 0.1) is 0 Å². The molecule has 0 spiro atoms. The van der Waals surface area contributed by atoms with E-state index >= 15 is 0 Å². The molecule has 2 fully saturated rings. The van der Waals surface area contributed by atoms with Gasteiger partial charge in [-0.25, -0.2) is 4.98 Å². The van der Waals surface area contributed by atoms with Crippen molar-refractivity contribution in [1.29, 1.82) is 0 Å². The zero-order chi connectivity index (χ0) is 18.4. The minimum absolute atomic E-state index is 0.149. The van der Waals surface area contributed by atoms with Gasteiger partial charge in [-0.15, -0.1) is 0 Å². The molecule has 2 atom stereocenters. The lowest BCUT2D eigenvalue weighted by molar-refractivity contribution is -0.122. The smallest absolute Gasteiger partial charge is 0.220 e. The number of aromatic nitrogens is 1. The number of piperidine rings is 1. The normalized spacial score (nSPS) is 22.8. The predicted molar refractivity (Wildman–Crippen MR) is 105 cm³/mol. The third-order valence-corrected chi connectivity index (χ3v) is 5.79. The summed E-state index contributed by atoms with van der Waals surface area (Å²) in [7, 11) is 2.15. The van der Waals surface area contributed by atoms with Crippen LogP contribution >= 0.6 is 0 Å². The van der Waals surface area contributed by atoms with Gasteiger partial charge in [-0.1, -0.05) is 13.0 Å². The fourth-order valence-corrected chi connectivity index (χ4v) is 3.96. The lowest BCUT2D eigenvalue weighted by Gasteiger charge is -2.34. The second-order valence-electron chi connectivity index (χ2n) is 7.84. The Morgan fingerprint density at radius 3 is 2.92 bits per heavy atom. The van der Waals surface area contributed by atoms with Gasteiger partial charge >= 0.3 is 0 Å². The van der Waals surface area contributed by atoms with Crippen LogP contribution in [0.25, 0.3) is 0 Å². The molecular formula is C20H33N5O. The fourth-order valence-electron chi connectivity index (χ4n) is 3.96. The van der Waals surface area contributed by atoms with E-state index < -0.39 is 0 Å². The average molecular weight is 360 g/mol. The number of piperazine rings is 1. The number of hydrogen-bond acceptors (Lipinski definition) is 5. The molecule has 2 saturated heterocycles. The summed E-state index contributed by atoms with van der Waals surface area (Å²) in [5, 5.41) is 6.57. The summed E-state index contributed by atoms with van der Waals surface area (Å²) < 4.78 is 0. The monoisotopic (exact) mass is 359 g/mol. The summed E-state index contributed by atoms with van der Waals surface area (Å²) in [5.74, 6) is 2.21. The predicted octanol–water partition coefficient (Wildman–Crippen LogP) is 1.48. The zero-order valence-corrected chi connectivity index (χ0v) is 16.2. The molecule has 3 rings (SSSR count). The first-order valence-electron chi connectivity index (χ1n) is 9.98. The van der Waals surface area contributed by atoms with Crippen LogP contribution in [-0.2, 0) is 11.3 Å². The van der Waals surface area contributed by atoms with E-state index in [0.717, 1.165) is 50.6 Å². The molecule has 2 aliphatic rings. The molecule has 1 amide bonds. The average Bonchev–Trinajstić information content (AvgIpc) is 2.68. The Bertz CT molecular complexity index is 579. The summed E-state index contributed by atoms with van der Waals surface area (Å²) in [6.07, 6.45) is 4.91. The number of hydrogen-bond donors (Lipinski definition) is 2. The molecule has 0 radical (unpaired) electrons. The number of pyridine rings is 1. The minimum Gasteiger partial charge on any atom is -0.354 e. The van der Waals surface area contributed by atoms with Crippen molar-refractivity contribution in [2.24, 2.45) is 11.8 Å². The molecule has 0 saturated carbocycles. The van der Waals surface area contributed by atoms with E-state index in [1.54, 1.807) is 0 Å². The SMILES string of the molecule is CC(CC(=O)NCc1cccnc1N1CCN(C)CC1)C1CCCNC1. The Morgan fingerprint density at radius 1 is 1.38 bits per heavy atom. The van der Waals surface area contributed by atoms with Gasteiger partial charge < -0.3 is 20.4 Å². The number of amides is 1. The van der Waals surface area contributed by atoms with Gasteiger partial charge in [0.15, 0.2) is 0 Å². The number of carbonyl (C=O) groups excluding carboxylic acids is 1. The quantitative estimate of drug-likeness (QED) is 0.806. The third-order valence-electron chi connectivity index (χ3n) is 5.79. The largest absolute Gasteiger partial charge is 0.354 e. The van der Waals surface area contributed by atoms with Crippen LogP contribution < -0.4 is 15.5 Å². The van der Waals surface area contributed by atoms with E-state index in [4.69, 9.17) is 0 Å². The summed E-state index contributed by atoms with van der Waals surface area (Å²) in [6.45, 7) is 9.00. The van der Waals surface area contributed by atoms with Crippen LogP contribution in [0, 0.1) is 11.8 Å². The molecule has 0 bridgehead atoms. The van der Waals surface area contributed by atoms with Crippen molar-refractivity contribution in [3.8, 4) is 0 Å². The second kappa shape index (κ2) is 9.33. The maximum Gasteiger partial charge on any atom is 0.220 e. The lowest BCUT2D eigenvalue weighted by atomic mass is 9.85. The number of anilines is 1. The highest BCUT2D eigenvalue weighted by Crippen LogP contribution is 2.23. The van der Waals surface area contributed by atoms with Crippen LogP contribution in [0.5, 0.6) is 0 Å². The maximum atomic E-state index is 12.4. The van der Waals surface area contributed by atoms with Crippen molar-refractivity contribution in [2.75, 3.05) is 51.2 Å². The van der Waals surface area contributed by atoms with Crippen molar-refractivity contribution in [1.82, 2.24) is 20.5 Å². The van der Waals surface area contributed by atoms with Crippen molar-refractivity contribution in [3.63, 3.8) is 0 Å². The summed E-state index contributed by atoms with van der Waals surface area (Å²) in [4.78, 5) is 21.7. The molecule has 2 N–H and O–H groups in total. The topological polar surface area (TPSA) is 60.5 Å². The third kappa shape index (κ3) is 5.17. The van der Waals surface area contributed by atoms with Crippen LogP contribution in [0.4, 0.5) is 5.82 Å². The minimum atomic E-state index is 0.149. The Hall–Kier alpha value is -1.66. The van der Waals surface area contributed by atoms with Crippen LogP contribution in [-0.4, -0.2) is 62.1 Å². The Balaban J connectivity index is 1.51. The van der Waals surface area contributed by atoms with Crippen molar-refractivity contribution in [2.45, 2.75) is 32.7 Å². The van der Waals surface area contributed by atoms with Gasteiger partial charge in [-0.2, -0.15) is 0 Å². The van der Waals surface area contributed by atoms with Gasteiger partial charge in [0.25, 0.3) is 0 Å². The Labute approximate surface area is 157 Å². The van der Waals surface area contributed by atoms with Crippen LogP contribution in [0.2, 0.25) is 0 Å². The first-order chi connectivity index (χ1) is 12.6. The number of nitrogens with zero attached hydrogens (tertiary/aromatic N) is 3. The van der Waals surface area contributed by atoms with Crippen molar-refractivity contribution >= 4 is 11.7 Å². The molecule has 6 nitrogen and oxygen atoms in total. The van der Waals surface area contributed by atoms with Crippen LogP contribution in [0.3, 0.4) is 0 Å². The van der Waals surface area contributed by atoms with Gasteiger partial charge in [0.2, 0.25) is 5.91 Å². The summed E-state index contributed by atoms with van der Waals surface area (Å²) >= 11 is 0. The first kappa shape index (κ1) is 19.1. The molecule has 1 aromatic rings. The fraction of sp³-hybridized carbons (Fsp3) is 0.700. The van der Waals surface area contributed by atoms with Crippen molar-refractivity contribution in [3.05, 3.63) is 23.9 Å². The van der Waals surface area contributed by atoms with Crippen LogP contribution in [0.15, 0.2) is 18.3 Å². The zero-order valence-electron chi connectivity index (χ0n) is 16.2. The van der Waals surface area contributed by atoms with E-state index in [2.05, 4.69) is 45.5 Å². The number of rotatable bonds is 6. The maximum absolute atomic E-state index is 12.4. The summed E-state index contributed by atoms with van der Waals surface area (Å²) in [5.41, 5.74) is 1.11. The van der Waals surface area contributed by atoms with Gasteiger partial charge in [-0.05, 0) is 50.9 Å². The Kier molecular flexibility index (Phi) is 6.86. The highest BCUT2D eigenvalue weighted by Gasteiger charge is 2.22. The molecule has 2 unspecified atom stereocenters. The molecule has 0 aromatic carbocycles. The summed E-state index contributed by atoms with van der Waals surface area (Å²) in [6, 6.07) is 4.03. The van der Waals surface area contributed by atoms with Gasteiger partial charge in [0, 0.05) is 50.9 Å². The van der Waals surface area contributed by atoms with Crippen molar-refractivity contribution < 1.29 is 4.79 Å². The molecule has 26 heavy (non-hydrogen) atoms. The first-order valence-corrected chi connectivity index (χ1v) is 9.98. The van der Waals surface area contributed by atoms with E-state index in [9.17, 15) is 4.79 Å². The highest BCUT2D eigenvalue weighted by molar-refractivity contribution is 5.76. The molecular weight excluding hydrogens is 326 g/mol. The van der Waals surface area contributed by atoms with Crippen LogP contribution in [0.1, 0.15) is 31.7 Å². The molecule has 2 aliphatic heterocycles. The second-order valence-corrected chi connectivity index (χ2v) is 7.84. The number of nitrogens with one attached hydrogen (secondary N) is 2. The van der Waals surface area contributed by atoms with Gasteiger partial charge in [-0.3, -0.25) is 4.79 Å². The van der Waals surface area contributed by atoms with E-state index in [-0.39, 0.29) is 5.91 Å². The molecule has 6 heteroatoms. The number of likely N-dealkylation sites (N-methyl/N-ethyl adjacent to an activating group) is 1. The molecule has 144 valence electrons. The van der Waals surface area contributed by atoms with E-state index in [1.807, 2.05) is 12.3 Å².